The zero-order chi connectivity index (χ0) is 19.3. The number of aryl methyl sites for hydroxylation is 2. The first kappa shape index (κ1) is 17.9. The van der Waals surface area contributed by atoms with Crippen LogP contribution in [0.2, 0.25) is 0 Å². The lowest BCUT2D eigenvalue weighted by atomic mass is 10.1. The Morgan fingerprint density at radius 2 is 1.33 bits per heavy atom. The van der Waals surface area contributed by atoms with E-state index in [0.29, 0.717) is 0 Å². The lowest BCUT2D eigenvalue weighted by molar-refractivity contribution is -0.137. The summed E-state index contributed by atoms with van der Waals surface area (Å²) in [6.07, 6.45) is -4.31. The molecule has 1 aromatic heterocycles. The second-order valence-electron chi connectivity index (χ2n) is 6.88. The summed E-state index contributed by atoms with van der Waals surface area (Å²) in [4.78, 5) is 1.93. The number of anilines is 2. The van der Waals surface area contributed by atoms with Crippen LogP contribution in [0.1, 0.15) is 11.1 Å². The number of benzene rings is 3. The Morgan fingerprint density at radius 1 is 0.778 bits per heavy atom. The fourth-order valence-electron chi connectivity index (χ4n) is 3.53. The highest BCUT2D eigenvalue weighted by Crippen LogP contribution is 2.48. The minimum Gasteiger partial charge on any atom is -0.345 e. The zero-order valence-corrected chi connectivity index (χ0v) is 16.2. The number of fused-ring (bicyclic) bond motifs is 3. The van der Waals surface area contributed by atoms with Crippen LogP contribution in [0.5, 0.6) is 0 Å². The highest BCUT2D eigenvalue weighted by molar-refractivity contribution is 7.59. The third-order valence-corrected chi connectivity index (χ3v) is 7.30. The molecule has 1 unspecified atom stereocenters. The smallest absolute Gasteiger partial charge is 0.345 e. The summed E-state index contributed by atoms with van der Waals surface area (Å²) in [5.74, 6) is 0. The van der Waals surface area contributed by atoms with E-state index in [4.69, 9.17) is 0 Å². The molecular formula is C22H19F3NP. The molecule has 0 radical (unpaired) electrons. The molecule has 0 amide bonds. The van der Waals surface area contributed by atoms with E-state index >= 15 is 0 Å². The third-order valence-electron chi connectivity index (χ3n) is 5.12. The molecule has 0 bridgehead atoms. The Bertz CT molecular complexity index is 1140. The summed E-state index contributed by atoms with van der Waals surface area (Å²) >= 11 is 0. The van der Waals surface area contributed by atoms with Crippen molar-refractivity contribution in [2.24, 2.45) is 6.66 Å². The van der Waals surface area contributed by atoms with E-state index in [1.165, 1.54) is 38.7 Å². The van der Waals surface area contributed by atoms with Gasteiger partial charge in [0.25, 0.3) is 0 Å². The SMILES string of the molecule is Cc1ccc2c3ccc(N(C)c4ccc(C(F)(F)F)cc4)cc3p(C)c2c1. The van der Waals surface area contributed by atoms with Crippen LogP contribution in [-0.2, 0) is 12.8 Å². The molecule has 0 N–H and O–H groups in total. The van der Waals surface area contributed by atoms with Gasteiger partial charge < -0.3 is 4.90 Å². The van der Waals surface area contributed by atoms with Crippen molar-refractivity contribution in [1.29, 1.82) is 0 Å². The molecule has 0 fully saturated rings. The highest BCUT2D eigenvalue weighted by Gasteiger charge is 2.30. The maximum absolute atomic E-state index is 12.8. The minimum atomic E-state index is -4.31. The van der Waals surface area contributed by atoms with E-state index in [9.17, 15) is 13.2 Å². The molecule has 4 aromatic rings. The number of hydrogen-bond donors (Lipinski definition) is 0. The molecule has 3 aromatic carbocycles. The molecular weight excluding hydrogens is 366 g/mol. The van der Waals surface area contributed by atoms with Crippen LogP contribution in [-0.4, -0.2) is 7.05 Å². The second-order valence-corrected chi connectivity index (χ2v) is 8.97. The van der Waals surface area contributed by atoms with Crippen molar-refractivity contribution in [3.63, 3.8) is 0 Å². The van der Waals surface area contributed by atoms with E-state index in [2.05, 4.69) is 43.9 Å². The summed E-state index contributed by atoms with van der Waals surface area (Å²) in [7, 11) is 1.46. The Balaban J connectivity index is 1.77. The van der Waals surface area contributed by atoms with Gasteiger partial charge in [0, 0.05) is 28.7 Å². The van der Waals surface area contributed by atoms with Crippen LogP contribution >= 0.6 is 7.53 Å². The van der Waals surface area contributed by atoms with Crippen molar-refractivity contribution < 1.29 is 13.2 Å². The van der Waals surface area contributed by atoms with E-state index in [-0.39, 0.29) is 0 Å². The second kappa shape index (κ2) is 6.31. The van der Waals surface area contributed by atoms with Crippen LogP contribution in [0, 0.1) is 6.92 Å². The molecule has 5 heteroatoms. The summed E-state index contributed by atoms with van der Waals surface area (Å²) in [6, 6.07) is 18.2. The molecule has 0 saturated carbocycles. The van der Waals surface area contributed by atoms with Crippen molar-refractivity contribution in [1.82, 2.24) is 0 Å². The summed E-state index contributed by atoms with van der Waals surface area (Å²) in [5.41, 5.74) is 2.34. The van der Waals surface area contributed by atoms with Crippen molar-refractivity contribution in [3.8, 4) is 0 Å². The van der Waals surface area contributed by atoms with Crippen molar-refractivity contribution in [3.05, 3.63) is 71.8 Å². The molecule has 0 aliphatic rings. The van der Waals surface area contributed by atoms with Gasteiger partial charge in [-0.15, -0.1) is 7.53 Å². The van der Waals surface area contributed by atoms with Crippen molar-refractivity contribution in [2.45, 2.75) is 13.1 Å². The van der Waals surface area contributed by atoms with Crippen LogP contribution in [0.4, 0.5) is 24.5 Å². The number of nitrogens with zero attached hydrogens (tertiary/aromatic N) is 1. The van der Waals surface area contributed by atoms with Crippen LogP contribution in [0.3, 0.4) is 0 Å². The van der Waals surface area contributed by atoms with Crippen LogP contribution in [0.15, 0.2) is 60.7 Å². The minimum absolute atomic E-state index is 0.419. The number of alkyl halides is 3. The Hall–Kier alpha value is -2.45. The van der Waals surface area contributed by atoms with E-state index in [0.717, 1.165) is 23.5 Å². The quantitative estimate of drug-likeness (QED) is 0.343. The number of halogens is 3. The van der Waals surface area contributed by atoms with Gasteiger partial charge in [-0.05, 0) is 66.8 Å². The van der Waals surface area contributed by atoms with Crippen LogP contribution in [0.25, 0.3) is 21.0 Å². The van der Waals surface area contributed by atoms with Crippen molar-refractivity contribution >= 4 is 39.9 Å². The predicted octanol–water partition coefficient (Wildman–Crippen LogP) is 7.61. The maximum atomic E-state index is 12.8. The van der Waals surface area contributed by atoms with Gasteiger partial charge in [0.2, 0.25) is 0 Å². The standard InChI is InChI=1S/C22H19F3NP/c1-14-4-10-18-19-11-9-17(13-21(19)27(3)20(18)12-14)26(2)16-7-5-15(6-8-16)22(23,24)25/h4-13H,1-3H3. The summed E-state index contributed by atoms with van der Waals surface area (Å²) in [5, 5.41) is 5.28. The molecule has 4 rings (SSSR count). The van der Waals surface area contributed by atoms with Gasteiger partial charge in [-0.2, -0.15) is 13.2 Å². The average molecular weight is 385 g/mol. The molecule has 0 spiro atoms. The van der Waals surface area contributed by atoms with Gasteiger partial charge in [-0.3, -0.25) is 0 Å². The molecule has 0 aliphatic carbocycles. The van der Waals surface area contributed by atoms with E-state index in [1.54, 1.807) is 0 Å². The Kier molecular flexibility index (Phi) is 4.20. The van der Waals surface area contributed by atoms with Crippen molar-refractivity contribution in [2.75, 3.05) is 11.9 Å². The summed E-state index contributed by atoms with van der Waals surface area (Å²) < 4.78 is 38.4. The highest BCUT2D eigenvalue weighted by atomic mass is 31.1. The first-order valence-electron chi connectivity index (χ1n) is 8.65. The molecule has 1 nitrogen and oxygen atoms in total. The van der Waals surface area contributed by atoms with E-state index in [1.807, 2.05) is 18.0 Å². The molecule has 0 saturated heterocycles. The monoisotopic (exact) mass is 385 g/mol. The average Bonchev–Trinajstić information content (AvgIpc) is 2.92. The molecule has 138 valence electrons. The predicted molar refractivity (Wildman–Crippen MR) is 109 cm³/mol. The molecule has 1 heterocycles. The normalized spacial score (nSPS) is 12.7. The lowest BCUT2D eigenvalue weighted by Crippen LogP contribution is -2.10. The van der Waals surface area contributed by atoms with Gasteiger partial charge in [-0.25, -0.2) is 0 Å². The van der Waals surface area contributed by atoms with Gasteiger partial charge >= 0.3 is 6.18 Å². The van der Waals surface area contributed by atoms with E-state index < -0.39 is 19.3 Å². The Morgan fingerprint density at radius 3 is 1.96 bits per heavy atom. The number of rotatable bonds is 2. The topological polar surface area (TPSA) is 3.24 Å². The first-order valence-corrected chi connectivity index (χ1v) is 10.4. The van der Waals surface area contributed by atoms with Crippen LogP contribution < -0.4 is 4.90 Å². The van der Waals surface area contributed by atoms with Gasteiger partial charge in [0.05, 0.1) is 5.56 Å². The molecule has 1 atom stereocenters. The number of hydrogen-bond acceptors (Lipinski definition) is 1. The molecule has 27 heavy (non-hydrogen) atoms. The summed E-state index contributed by atoms with van der Waals surface area (Å²) in [6.45, 7) is 4.37. The molecule has 0 aliphatic heterocycles. The van der Waals surface area contributed by atoms with Gasteiger partial charge in [0.1, 0.15) is 0 Å². The zero-order valence-electron chi connectivity index (χ0n) is 15.3. The first-order chi connectivity index (χ1) is 12.8. The maximum Gasteiger partial charge on any atom is 0.416 e. The fraction of sp³-hybridized carbons (Fsp3) is 0.182. The largest absolute Gasteiger partial charge is 0.416 e. The van der Waals surface area contributed by atoms with Gasteiger partial charge in [0.15, 0.2) is 0 Å². The Labute approximate surface area is 157 Å². The third kappa shape index (κ3) is 3.08. The lowest BCUT2D eigenvalue weighted by Gasteiger charge is -2.20. The fourth-order valence-corrected chi connectivity index (χ4v) is 5.63. The van der Waals surface area contributed by atoms with Gasteiger partial charge in [-0.1, -0.05) is 23.8 Å².